The maximum atomic E-state index is 13.9. The number of hydrogen-bond donors (Lipinski definition) is 0. The van der Waals surface area contributed by atoms with Crippen molar-refractivity contribution in [3.05, 3.63) is 63.4 Å². The summed E-state index contributed by atoms with van der Waals surface area (Å²) in [7, 11) is 0. The molecule has 0 N–H and O–H groups in total. The van der Waals surface area contributed by atoms with Crippen molar-refractivity contribution in [1.29, 1.82) is 0 Å². The van der Waals surface area contributed by atoms with Crippen molar-refractivity contribution in [2.45, 2.75) is 32.7 Å². The Hall–Kier alpha value is -1.88. The second kappa shape index (κ2) is 8.00. The number of carbonyl (C=O) groups is 1. The zero-order chi connectivity index (χ0) is 17.8. The molecule has 2 aromatic carbocycles. The Morgan fingerprint density at radius 3 is 2.84 bits per heavy atom. The molecule has 0 spiro atoms. The maximum Gasteiger partial charge on any atom is 0.223 e. The summed E-state index contributed by atoms with van der Waals surface area (Å²) in [5.41, 5.74) is 2.99. The minimum atomic E-state index is -0.271. The SMILES string of the molecule is CCOc1ccc2c(c1)CN(C(=O)CCc1ccc(Br)cc1F)CC2. The van der Waals surface area contributed by atoms with Crippen LogP contribution in [0.3, 0.4) is 0 Å². The smallest absolute Gasteiger partial charge is 0.223 e. The molecule has 0 radical (unpaired) electrons. The van der Waals surface area contributed by atoms with Gasteiger partial charge < -0.3 is 9.64 Å². The predicted octanol–water partition coefficient (Wildman–Crippen LogP) is 4.50. The molecule has 25 heavy (non-hydrogen) atoms. The standard InChI is InChI=1S/C20H21BrFNO2/c1-2-25-18-7-4-14-9-10-23(13-16(14)11-18)20(24)8-5-15-3-6-17(21)12-19(15)22/h3-4,6-7,11-12H,2,5,8-10,13H2,1H3. The van der Waals surface area contributed by atoms with Crippen LogP contribution in [-0.2, 0) is 24.2 Å². The minimum absolute atomic E-state index is 0.0646. The lowest BCUT2D eigenvalue weighted by Crippen LogP contribution is -2.36. The lowest BCUT2D eigenvalue weighted by molar-refractivity contribution is -0.132. The van der Waals surface area contributed by atoms with Gasteiger partial charge in [-0.3, -0.25) is 4.79 Å². The van der Waals surface area contributed by atoms with Crippen molar-refractivity contribution in [2.24, 2.45) is 0 Å². The summed E-state index contributed by atoms with van der Waals surface area (Å²) in [5, 5.41) is 0. The van der Waals surface area contributed by atoms with Crippen LogP contribution in [0, 0.1) is 5.82 Å². The molecule has 0 saturated heterocycles. The number of fused-ring (bicyclic) bond motifs is 1. The molecule has 0 saturated carbocycles. The number of halogens is 2. The van der Waals surface area contributed by atoms with Crippen LogP contribution >= 0.6 is 15.9 Å². The number of benzene rings is 2. The van der Waals surface area contributed by atoms with E-state index in [0.29, 0.717) is 42.6 Å². The first-order valence-electron chi connectivity index (χ1n) is 8.53. The summed E-state index contributed by atoms with van der Waals surface area (Å²) >= 11 is 3.25. The molecule has 132 valence electrons. The summed E-state index contributed by atoms with van der Waals surface area (Å²) < 4.78 is 20.1. The van der Waals surface area contributed by atoms with Gasteiger partial charge in [-0.25, -0.2) is 4.39 Å². The van der Waals surface area contributed by atoms with Crippen LogP contribution in [-0.4, -0.2) is 24.0 Å². The van der Waals surface area contributed by atoms with Crippen molar-refractivity contribution in [3.8, 4) is 5.75 Å². The van der Waals surface area contributed by atoms with Gasteiger partial charge in [-0.1, -0.05) is 28.1 Å². The number of ether oxygens (including phenoxy) is 1. The number of aryl methyl sites for hydroxylation is 1. The van der Waals surface area contributed by atoms with Gasteiger partial charge in [0.1, 0.15) is 11.6 Å². The van der Waals surface area contributed by atoms with Crippen LogP contribution in [0.15, 0.2) is 40.9 Å². The van der Waals surface area contributed by atoms with Crippen LogP contribution in [0.5, 0.6) is 5.75 Å². The second-order valence-electron chi connectivity index (χ2n) is 6.16. The topological polar surface area (TPSA) is 29.5 Å². The summed E-state index contributed by atoms with van der Waals surface area (Å²) in [5.74, 6) is 0.634. The molecule has 0 fully saturated rings. The van der Waals surface area contributed by atoms with Gasteiger partial charge in [-0.05, 0) is 60.7 Å². The first kappa shape index (κ1) is 17.9. The van der Waals surface area contributed by atoms with Gasteiger partial charge in [0.15, 0.2) is 0 Å². The zero-order valence-corrected chi connectivity index (χ0v) is 15.8. The van der Waals surface area contributed by atoms with Gasteiger partial charge >= 0.3 is 0 Å². The molecule has 3 rings (SSSR count). The molecule has 1 aliphatic rings. The Morgan fingerprint density at radius 2 is 2.08 bits per heavy atom. The Balaban J connectivity index is 1.62. The van der Waals surface area contributed by atoms with Gasteiger partial charge in [-0.2, -0.15) is 0 Å². The molecule has 0 aromatic heterocycles. The van der Waals surface area contributed by atoms with E-state index in [0.717, 1.165) is 17.7 Å². The van der Waals surface area contributed by atoms with Gasteiger partial charge in [0.2, 0.25) is 5.91 Å². The number of amides is 1. The highest BCUT2D eigenvalue weighted by Crippen LogP contribution is 2.25. The van der Waals surface area contributed by atoms with Crippen LogP contribution in [0.25, 0.3) is 0 Å². The lowest BCUT2D eigenvalue weighted by atomic mass is 9.99. The number of carbonyl (C=O) groups excluding carboxylic acids is 1. The average Bonchev–Trinajstić information content (AvgIpc) is 2.60. The first-order valence-corrected chi connectivity index (χ1v) is 9.32. The van der Waals surface area contributed by atoms with Gasteiger partial charge in [-0.15, -0.1) is 0 Å². The molecule has 3 nitrogen and oxygen atoms in total. The summed E-state index contributed by atoms with van der Waals surface area (Å²) in [4.78, 5) is 14.4. The maximum absolute atomic E-state index is 13.9. The normalized spacial score (nSPS) is 13.5. The monoisotopic (exact) mass is 405 g/mol. The molecule has 5 heteroatoms. The Labute approximate surface area is 155 Å². The van der Waals surface area contributed by atoms with Gasteiger partial charge in [0.05, 0.1) is 6.61 Å². The van der Waals surface area contributed by atoms with Crippen molar-refractivity contribution < 1.29 is 13.9 Å². The molecule has 0 aliphatic carbocycles. The molecule has 1 heterocycles. The number of nitrogens with zero attached hydrogens (tertiary/aromatic N) is 1. The highest BCUT2D eigenvalue weighted by molar-refractivity contribution is 9.10. The number of rotatable bonds is 5. The lowest BCUT2D eigenvalue weighted by Gasteiger charge is -2.29. The van der Waals surface area contributed by atoms with E-state index in [1.54, 1.807) is 12.1 Å². The Bertz CT molecular complexity index is 778. The molecule has 1 aliphatic heterocycles. The zero-order valence-electron chi connectivity index (χ0n) is 14.2. The third-order valence-corrected chi connectivity index (χ3v) is 4.97. The third kappa shape index (κ3) is 4.40. The Morgan fingerprint density at radius 1 is 1.24 bits per heavy atom. The van der Waals surface area contributed by atoms with Crippen molar-refractivity contribution in [3.63, 3.8) is 0 Å². The van der Waals surface area contributed by atoms with Crippen LogP contribution < -0.4 is 4.74 Å². The van der Waals surface area contributed by atoms with E-state index >= 15 is 0 Å². The van der Waals surface area contributed by atoms with E-state index in [1.165, 1.54) is 11.6 Å². The van der Waals surface area contributed by atoms with Gasteiger partial charge in [0.25, 0.3) is 0 Å². The van der Waals surface area contributed by atoms with Crippen molar-refractivity contribution >= 4 is 21.8 Å². The predicted molar refractivity (Wildman–Crippen MR) is 99.2 cm³/mol. The van der Waals surface area contributed by atoms with E-state index in [1.807, 2.05) is 24.0 Å². The molecule has 0 atom stereocenters. The quantitative estimate of drug-likeness (QED) is 0.732. The highest BCUT2D eigenvalue weighted by Gasteiger charge is 2.21. The minimum Gasteiger partial charge on any atom is -0.494 e. The van der Waals surface area contributed by atoms with Gasteiger partial charge in [0, 0.05) is 24.0 Å². The van der Waals surface area contributed by atoms with Crippen LogP contribution in [0.2, 0.25) is 0 Å². The average molecular weight is 406 g/mol. The van der Waals surface area contributed by atoms with E-state index in [-0.39, 0.29) is 11.7 Å². The fourth-order valence-corrected chi connectivity index (χ4v) is 3.46. The van der Waals surface area contributed by atoms with E-state index < -0.39 is 0 Å². The van der Waals surface area contributed by atoms with E-state index in [9.17, 15) is 9.18 Å². The first-order chi connectivity index (χ1) is 12.1. The third-order valence-electron chi connectivity index (χ3n) is 4.48. The van der Waals surface area contributed by atoms with Crippen molar-refractivity contribution in [1.82, 2.24) is 4.90 Å². The van der Waals surface area contributed by atoms with Crippen LogP contribution in [0.1, 0.15) is 30.0 Å². The Kier molecular flexibility index (Phi) is 5.74. The second-order valence-corrected chi connectivity index (χ2v) is 7.08. The fourth-order valence-electron chi connectivity index (χ4n) is 3.13. The fraction of sp³-hybridized carbons (Fsp3) is 0.350. The molecule has 1 amide bonds. The summed E-state index contributed by atoms with van der Waals surface area (Å²) in [6.45, 7) is 3.89. The largest absolute Gasteiger partial charge is 0.494 e. The highest BCUT2D eigenvalue weighted by atomic mass is 79.9. The van der Waals surface area contributed by atoms with Crippen molar-refractivity contribution in [2.75, 3.05) is 13.2 Å². The molecule has 2 aromatic rings. The number of hydrogen-bond acceptors (Lipinski definition) is 2. The van der Waals surface area contributed by atoms with E-state index in [4.69, 9.17) is 4.74 Å². The molecule has 0 unspecified atom stereocenters. The van der Waals surface area contributed by atoms with Crippen LogP contribution in [0.4, 0.5) is 4.39 Å². The molecular weight excluding hydrogens is 385 g/mol. The summed E-state index contributed by atoms with van der Waals surface area (Å²) in [6.07, 6.45) is 1.58. The molecule has 0 bridgehead atoms. The molecular formula is C20H21BrFNO2. The summed E-state index contributed by atoms with van der Waals surface area (Å²) in [6, 6.07) is 11.1. The van der Waals surface area contributed by atoms with E-state index in [2.05, 4.69) is 22.0 Å².